The van der Waals surface area contributed by atoms with Crippen LogP contribution in [0.25, 0.3) is 0 Å². The van der Waals surface area contributed by atoms with Crippen LogP contribution in [0.5, 0.6) is 0 Å². The summed E-state index contributed by atoms with van der Waals surface area (Å²) in [6.45, 7) is 3.17. The summed E-state index contributed by atoms with van der Waals surface area (Å²) in [6, 6.07) is 2.11. The topological polar surface area (TPSA) is 78.9 Å². The fraction of sp³-hybridized carbons (Fsp3) is 0.385. The first kappa shape index (κ1) is 17.6. The molecule has 1 rings (SSSR count). The maximum absolute atomic E-state index is 12.0. The van der Waals surface area contributed by atoms with E-state index in [1.54, 1.807) is 7.05 Å². The van der Waals surface area contributed by atoms with Gasteiger partial charge in [-0.1, -0.05) is 23.2 Å². The zero-order valence-electron chi connectivity index (χ0n) is 11.7. The lowest BCUT2D eigenvalue weighted by Crippen LogP contribution is -2.34. The molecule has 0 saturated heterocycles. The van der Waals surface area contributed by atoms with Crippen LogP contribution in [0.3, 0.4) is 0 Å². The molecular weight excluding hydrogens is 319 g/mol. The molecule has 0 bridgehead atoms. The number of carbonyl (C=O) groups is 2. The van der Waals surface area contributed by atoms with Crippen molar-refractivity contribution in [3.05, 3.63) is 27.7 Å². The molecule has 0 unspecified atom stereocenters. The van der Waals surface area contributed by atoms with Crippen LogP contribution < -0.4 is 5.32 Å². The summed E-state index contributed by atoms with van der Waals surface area (Å²) >= 11 is 11.7. The van der Waals surface area contributed by atoms with Crippen molar-refractivity contribution in [3.8, 4) is 0 Å². The quantitative estimate of drug-likeness (QED) is 0.783. The van der Waals surface area contributed by atoms with Gasteiger partial charge in [-0.25, -0.2) is 9.59 Å². The molecule has 1 aromatic rings. The number of anilines is 1. The summed E-state index contributed by atoms with van der Waals surface area (Å²) in [6.07, 6.45) is 0. The van der Waals surface area contributed by atoms with Gasteiger partial charge in [-0.3, -0.25) is 0 Å². The maximum atomic E-state index is 12.0. The van der Waals surface area contributed by atoms with Gasteiger partial charge in [0.05, 0.1) is 22.9 Å². The van der Waals surface area contributed by atoms with Crippen molar-refractivity contribution in [2.75, 3.05) is 32.1 Å². The van der Waals surface area contributed by atoms with Crippen LogP contribution in [0.2, 0.25) is 10.0 Å². The van der Waals surface area contributed by atoms with Crippen LogP contribution in [0, 0.1) is 0 Å². The molecule has 2 amide bonds. The second kappa shape index (κ2) is 8.07. The molecule has 8 heteroatoms. The van der Waals surface area contributed by atoms with Crippen LogP contribution in [-0.4, -0.2) is 48.8 Å². The molecule has 1 aromatic carbocycles. The summed E-state index contributed by atoms with van der Waals surface area (Å²) < 4.78 is 5.15. The average molecular weight is 335 g/mol. The van der Waals surface area contributed by atoms with E-state index >= 15 is 0 Å². The number of halogens is 2. The molecule has 21 heavy (non-hydrogen) atoms. The Morgan fingerprint density at radius 2 is 2.05 bits per heavy atom. The number of hydrogen-bond acceptors (Lipinski definition) is 3. The molecule has 6 nitrogen and oxygen atoms in total. The van der Waals surface area contributed by atoms with E-state index in [9.17, 15) is 9.59 Å². The van der Waals surface area contributed by atoms with Crippen LogP contribution in [0.1, 0.15) is 17.3 Å². The lowest BCUT2D eigenvalue weighted by molar-refractivity contribution is 0.0698. The monoisotopic (exact) mass is 334 g/mol. The van der Waals surface area contributed by atoms with Crippen LogP contribution >= 0.6 is 23.2 Å². The third kappa shape index (κ3) is 5.08. The second-order valence-electron chi connectivity index (χ2n) is 4.16. The highest BCUT2D eigenvalue weighted by molar-refractivity contribution is 6.37. The maximum Gasteiger partial charge on any atom is 0.337 e. The van der Waals surface area contributed by atoms with E-state index in [0.717, 1.165) is 0 Å². The first-order chi connectivity index (χ1) is 9.86. The SMILES string of the molecule is CCOCCN(C)C(=O)Nc1c(Cl)cc(Cl)cc1C(=O)O. The fourth-order valence-electron chi connectivity index (χ4n) is 1.52. The molecule has 0 aromatic heterocycles. The van der Waals surface area contributed by atoms with Gasteiger partial charge in [0.1, 0.15) is 0 Å². The lowest BCUT2D eigenvalue weighted by Gasteiger charge is -2.19. The van der Waals surface area contributed by atoms with Gasteiger partial charge in [-0.2, -0.15) is 0 Å². The Bertz CT molecular complexity index is 537. The zero-order valence-corrected chi connectivity index (χ0v) is 13.2. The molecule has 0 fully saturated rings. The van der Waals surface area contributed by atoms with E-state index < -0.39 is 12.0 Å². The second-order valence-corrected chi connectivity index (χ2v) is 5.01. The lowest BCUT2D eigenvalue weighted by atomic mass is 10.2. The fourth-order valence-corrected chi connectivity index (χ4v) is 2.06. The number of amides is 2. The van der Waals surface area contributed by atoms with E-state index in [1.807, 2.05) is 6.92 Å². The Morgan fingerprint density at radius 1 is 1.38 bits per heavy atom. The minimum absolute atomic E-state index is 0.0156. The molecule has 0 heterocycles. The van der Waals surface area contributed by atoms with E-state index in [0.29, 0.717) is 19.8 Å². The van der Waals surface area contributed by atoms with Crippen molar-refractivity contribution >= 4 is 40.9 Å². The average Bonchev–Trinajstić information content (AvgIpc) is 2.41. The molecule has 0 atom stereocenters. The third-order valence-corrected chi connectivity index (χ3v) is 3.16. The predicted molar refractivity (Wildman–Crippen MR) is 81.6 cm³/mol. The highest BCUT2D eigenvalue weighted by Gasteiger charge is 2.18. The number of nitrogens with zero attached hydrogens (tertiary/aromatic N) is 1. The highest BCUT2D eigenvalue weighted by Crippen LogP contribution is 2.30. The first-order valence-corrected chi connectivity index (χ1v) is 6.94. The smallest absolute Gasteiger partial charge is 0.337 e. The zero-order chi connectivity index (χ0) is 16.0. The van der Waals surface area contributed by atoms with E-state index in [-0.39, 0.29) is 21.3 Å². The Balaban J connectivity index is 2.87. The Labute approximate surface area is 132 Å². The number of hydrogen-bond donors (Lipinski definition) is 2. The first-order valence-electron chi connectivity index (χ1n) is 6.19. The van der Waals surface area contributed by atoms with Gasteiger partial charge < -0.3 is 20.1 Å². The minimum Gasteiger partial charge on any atom is -0.478 e. The number of urea groups is 1. The van der Waals surface area contributed by atoms with Crippen molar-refractivity contribution in [2.45, 2.75) is 6.92 Å². The van der Waals surface area contributed by atoms with Crippen molar-refractivity contribution in [3.63, 3.8) is 0 Å². The number of nitrogens with one attached hydrogen (secondary N) is 1. The highest BCUT2D eigenvalue weighted by atomic mass is 35.5. The van der Waals surface area contributed by atoms with Gasteiger partial charge in [0, 0.05) is 25.2 Å². The molecule has 2 N–H and O–H groups in total. The van der Waals surface area contributed by atoms with Crippen molar-refractivity contribution in [1.82, 2.24) is 4.90 Å². The summed E-state index contributed by atoms with van der Waals surface area (Å²) in [4.78, 5) is 24.5. The Kier molecular flexibility index (Phi) is 6.74. The van der Waals surface area contributed by atoms with Crippen molar-refractivity contribution in [2.24, 2.45) is 0 Å². The largest absolute Gasteiger partial charge is 0.478 e. The molecule has 116 valence electrons. The van der Waals surface area contributed by atoms with E-state index in [1.165, 1.54) is 17.0 Å². The number of aromatic carboxylic acids is 1. The van der Waals surface area contributed by atoms with Gasteiger partial charge in [0.2, 0.25) is 0 Å². The Hall–Kier alpha value is -1.50. The van der Waals surface area contributed by atoms with Crippen LogP contribution in [0.4, 0.5) is 10.5 Å². The number of carbonyl (C=O) groups excluding carboxylic acids is 1. The normalized spacial score (nSPS) is 10.3. The minimum atomic E-state index is -1.23. The van der Waals surface area contributed by atoms with E-state index in [4.69, 9.17) is 33.0 Å². The molecule has 0 aliphatic heterocycles. The summed E-state index contributed by atoms with van der Waals surface area (Å²) in [5, 5.41) is 11.9. The summed E-state index contributed by atoms with van der Waals surface area (Å²) in [5.74, 6) is -1.23. The van der Waals surface area contributed by atoms with Gasteiger partial charge in [0.25, 0.3) is 0 Å². The number of likely N-dealkylation sites (N-methyl/N-ethyl adjacent to an activating group) is 1. The number of carboxylic acids is 1. The van der Waals surface area contributed by atoms with Gasteiger partial charge >= 0.3 is 12.0 Å². The standard InChI is InChI=1S/C13H16Cl2N2O4/c1-3-21-5-4-17(2)13(20)16-11-9(12(18)19)6-8(14)7-10(11)15/h6-7H,3-5H2,1-2H3,(H,16,20)(H,18,19). The van der Waals surface area contributed by atoms with Crippen LogP contribution in [-0.2, 0) is 4.74 Å². The molecule has 0 aliphatic carbocycles. The molecule has 0 spiro atoms. The van der Waals surface area contributed by atoms with E-state index in [2.05, 4.69) is 5.32 Å². The summed E-state index contributed by atoms with van der Waals surface area (Å²) in [7, 11) is 1.57. The molecule has 0 aliphatic rings. The molecule has 0 saturated carbocycles. The number of ether oxygens (including phenoxy) is 1. The van der Waals surface area contributed by atoms with Crippen molar-refractivity contribution in [1.29, 1.82) is 0 Å². The van der Waals surface area contributed by atoms with Gasteiger partial charge in [-0.15, -0.1) is 0 Å². The van der Waals surface area contributed by atoms with Gasteiger partial charge in [0.15, 0.2) is 0 Å². The third-order valence-electron chi connectivity index (χ3n) is 2.64. The molecule has 0 radical (unpaired) electrons. The number of benzene rings is 1. The molecular formula is C13H16Cl2N2O4. The predicted octanol–water partition coefficient (Wildman–Crippen LogP) is 3.19. The van der Waals surface area contributed by atoms with Crippen LogP contribution in [0.15, 0.2) is 12.1 Å². The number of rotatable bonds is 6. The Morgan fingerprint density at radius 3 is 2.62 bits per heavy atom. The number of carboxylic acid groups (broad SMARTS) is 1. The summed E-state index contributed by atoms with van der Waals surface area (Å²) in [5.41, 5.74) is -0.152. The van der Waals surface area contributed by atoms with Gasteiger partial charge in [-0.05, 0) is 19.1 Å². The van der Waals surface area contributed by atoms with Crippen molar-refractivity contribution < 1.29 is 19.4 Å².